The normalized spacial score (nSPS) is 11.8. The maximum absolute atomic E-state index is 7.57. The SMILES string of the molecule is C/C=C\C=C/CC.CCNCCC(C)CSC.CCO. The van der Waals surface area contributed by atoms with Crippen molar-refractivity contribution in [1.29, 1.82) is 0 Å². The Morgan fingerprint density at radius 2 is 1.80 bits per heavy atom. The van der Waals surface area contributed by atoms with Gasteiger partial charge in [-0.05, 0) is 57.7 Å². The minimum Gasteiger partial charge on any atom is -0.397 e. The van der Waals surface area contributed by atoms with Crippen LogP contribution in [-0.2, 0) is 0 Å². The van der Waals surface area contributed by atoms with Gasteiger partial charge in [0.25, 0.3) is 0 Å². The number of hydrogen-bond donors (Lipinski definition) is 2. The summed E-state index contributed by atoms with van der Waals surface area (Å²) in [5.74, 6) is 2.17. The van der Waals surface area contributed by atoms with Crippen LogP contribution in [0.25, 0.3) is 0 Å². The molecule has 0 heterocycles. The van der Waals surface area contributed by atoms with Crippen LogP contribution in [0.1, 0.15) is 47.5 Å². The predicted octanol–water partition coefficient (Wildman–Crippen LogP) is 4.51. The molecule has 0 saturated carbocycles. The Bertz CT molecular complexity index is 193. The number of aliphatic hydroxyl groups is 1. The molecule has 1 atom stereocenters. The molecule has 0 aromatic rings. The van der Waals surface area contributed by atoms with E-state index in [4.69, 9.17) is 5.11 Å². The lowest BCUT2D eigenvalue weighted by Gasteiger charge is -2.08. The van der Waals surface area contributed by atoms with Crippen molar-refractivity contribution in [2.75, 3.05) is 31.7 Å². The van der Waals surface area contributed by atoms with E-state index in [-0.39, 0.29) is 6.61 Å². The smallest absolute Gasteiger partial charge is 0.0402 e. The number of rotatable bonds is 8. The van der Waals surface area contributed by atoms with E-state index in [1.165, 1.54) is 18.7 Å². The van der Waals surface area contributed by atoms with E-state index in [0.29, 0.717) is 0 Å². The van der Waals surface area contributed by atoms with Crippen molar-refractivity contribution < 1.29 is 5.11 Å². The van der Waals surface area contributed by atoms with Crippen LogP contribution in [0.4, 0.5) is 0 Å². The summed E-state index contributed by atoms with van der Waals surface area (Å²) in [7, 11) is 0. The minimum absolute atomic E-state index is 0.250. The molecule has 0 aromatic carbocycles. The zero-order valence-electron chi connectivity index (χ0n) is 14.5. The third kappa shape index (κ3) is 36.1. The summed E-state index contributed by atoms with van der Waals surface area (Å²) < 4.78 is 0. The summed E-state index contributed by atoms with van der Waals surface area (Å²) in [5.41, 5.74) is 0. The number of aliphatic hydroxyl groups excluding tert-OH is 1. The topological polar surface area (TPSA) is 32.3 Å². The molecule has 0 rings (SSSR count). The van der Waals surface area contributed by atoms with Crippen LogP contribution in [0.3, 0.4) is 0 Å². The third-order valence-corrected chi connectivity index (χ3v) is 3.09. The summed E-state index contributed by atoms with van der Waals surface area (Å²) in [6.07, 6.45) is 12.8. The molecule has 3 heteroatoms. The van der Waals surface area contributed by atoms with Gasteiger partial charge in [0.05, 0.1) is 0 Å². The van der Waals surface area contributed by atoms with Crippen molar-refractivity contribution in [3.63, 3.8) is 0 Å². The molecule has 0 amide bonds. The zero-order chi connectivity index (χ0) is 16.1. The molecule has 122 valence electrons. The molecule has 20 heavy (non-hydrogen) atoms. The highest BCUT2D eigenvalue weighted by molar-refractivity contribution is 7.98. The van der Waals surface area contributed by atoms with Crippen molar-refractivity contribution in [1.82, 2.24) is 5.32 Å². The first-order chi connectivity index (χ1) is 9.64. The quantitative estimate of drug-likeness (QED) is 0.511. The van der Waals surface area contributed by atoms with Gasteiger partial charge in [-0.25, -0.2) is 0 Å². The number of thioether (sulfide) groups is 1. The summed E-state index contributed by atoms with van der Waals surface area (Å²) in [6, 6.07) is 0. The second-order valence-corrected chi connectivity index (χ2v) is 5.29. The molecule has 0 saturated heterocycles. The highest BCUT2D eigenvalue weighted by Gasteiger charge is 1.98. The van der Waals surface area contributed by atoms with Crippen LogP contribution in [0.15, 0.2) is 24.3 Å². The van der Waals surface area contributed by atoms with Crippen LogP contribution in [0.5, 0.6) is 0 Å². The fraction of sp³-hybridized carbons (Fsp3) is 0.765. The highest BCUT2D eigenvalue weighted by atomic mass is 32.2. The van der Waals surface area contributed by atoms with Gasteiger partial charge in [-0.2, -0.15) is 11.8 Å². The van der Waals surface area contributed by atoms with E-state index in [1.807, 2.05) is 30.8 Å². The van der Waals surface area contributed by atoms with Gasteiger partial charge in [0, 0.05) is 6.61 Å². The van der Waals surface area contributed by atoms with Gasteiger partial charge < -0.3 is 10.4 Å². The Labute approximate surface area is 132 Å². The maximum atomic E-state index is 7.57. The fourth-order valence-corrected chi connectivity index (χ4v) is 1.95. The zero-order valence-corrected chi connectivity index (χ0v) is 15.3. The Hall–Kier alpha value is -0.250. The predicted molar refractivity (Wildman–Crippen MR) is 97.7 cm³/mol. The molecule has 1 unspecified atom stereocenters. The van der Waals surface area contributed by atoms with E-state index in [9.17, 15) is 0 Å². The average molecular weight is 304 g/mol. The van der Waals surface area contributed by atoms with Crippen LogP contribution >= 0.6 is 11.8 Å². The Morgan fingerprint density at radius 3 is 2.20 bits per heavy atom. The van der Waals surface area contributed by atoms with Crippen LogP contribution < -0.4 is 5.32 Å². The molecule has 0 aliphatic carbocycles. The lowest BCUT2D eigenvalue weighted by atomic mass is 10.1. The first kappa shape index (κ1) is 24.7. The van der Waals surface area contributed by atoms with Gasteiger partial charge >= 0.3 is 0 Å². The molecule has 2 nitrogen and oxygen atoms in total. The van der Waals surface area contributed by atoms with E-state index in [1.54, 1.807) is 6.92 Å². The van der Waals surface area contributed by atoms with Gasteiger partial charge in [-0.1, -0.05) is 45.1 Å². The molecular weight excluding hydrogens is 266 g/mol. The summed E-state index contributed by atoms with van der Waals surface area (Å²) >= 11 is 1.94. The standard InChI is InChI=1S/C8H19NS.C7H12.C2H6O/c1-4-9-6-5-8(2)7-10-3;1-3-5-7-6-4-2;1-2-3/h8-9H,4-7H2,1-3H3;3,5-7H,4H2,1-2H3;3H,2H2,1H3/b;5-3-,7-6-;. The molecular formula is C17H37NOS. The van der Waals surface area contributed by atoms with E-state index in [2.05, 4.69) is 44.5 Å². The minimum atomic E-state index is 0.250. The molecule has 0 aliphatic rings. The molecule has 0 radical (unpaired) electrons. The van der Waals surface area contributed by atoms with Gasteiger partial charge in [0.15, 0.2) is 0 Å². The van der Waals surface area contributed by atoms with E-state index < -0.39 is 0 Å². The highest BCUT2D eigenvalue weighted by Crippen LogP contribution is 2.07. The number of allylic oxidation sites excluding steroid dienone is 4. The summed E-state index contributed by atoms with van der Waals surface area (Å²) in [6.45, 7) is 12.8. The van der Waals surface area contributed by atoms with Crippen LogP contribution in [-0.4, -0.2) is 36.8 Å². The number of nitrogens with one attached hydrogen (secondary N) is 1. The lowest BCUT2D eigenvalue weighted by Crippen LogP contribution is -2.17. The van der Waals surface area contributed by atoms with Crippen molar-refractivity contribution >= 4 is 11.8 Å². The Balaban J connectivity index is -0.000000251. The maximum Gasteiger partial charge on any atom is 0.0402 e. The van der Waals surface area contributed by atoms with Crippen LogP contribution in [0.2, 0.25) is 0 Å². The lowest BCUT2D eigenvalue weighted by molar-refractivity contribution is 0.318. The summed E-state index contributed by atoms with van der Waals surface area (Å²) in [5, 5.41) is 10.9. The van der Waals surface area contributed by atoms with Gasteiger partial charge in [0.1, 0.15) is 0 Å². The van der Waals surface area contributed by atoms with Gasteiger partial charge in [-0.3, -0.25) is 0 Å². The first-order valence-electron chi connectivity index (χ1n) is 7.72. The largest absolute Gasteiger partial charge is 0.397 e. The Morgan fingerprint density at radius 1 is 1.20 bits per heavy atom. The van der Waals surface area contributed by atoms with Crippen molar-refractivity contribution in [3.8, 4) is 0 Å². The van der Waals surface area contributed by atoms with E-state index in [0.717, 1.165) is 18.9 Å². The molecule has 0 fully saturated rings. The second-order valence-electron chi connectivity index (χ2n) is 4.38. The fourth-order valence-electron chi connectivity index (χ4n) is 1.22. The Kier molecular flexibility index (Phi) is 33.6. The first-order valence-corrected chi connectivity index (χ1v) is 9.11. The van der Waals surface area contributed by atoms with Gasteiger partial charge in [-0.15, -0.1) is 0 Å². The van der Waals surface area contributed by atoms with E-state index >= 15 is 0 Å². The molecule has 0 spiro atoms. The average Bonchev–Trinajstić information content (AvgIpc) is 2.42. The molecule has 0 aromatic heterocycles. The van der Waals surface area contributed by atoms with Crippen LogP contribution in [0, 0.1) is 5.92 Å². The van der Waals surface area contributed by atoms with Crippen molar-refractivity contribution in [3.05, 3.63) is 24.3 Å². The number of hydrogen-bond acceptors (Lipinski definition) is 3. The third-order valence-electron chi connectivity index (χ3n) is 2.19. The monoisotopic (exact) mass is 303 g/mol. The molecule has 2 N–H and O–H groups in total. The summed E-state index contributed by atoms with van der Waals surface area (Å²) in [4.78, 5) is 0. The van der Waals surface area contributed by atoms with Crippen molar-refractivity contribution in [2.45, 2.75) is 47.5 Å². The van der Waals surface area contributed by atoms with Crippen molar-refractivity contribution in [2.24, 2.45) is 5.92 Å². The van der Waals surface area contributed by atoms with Gasteiger partial charge in [0.2, 0.25) is 0 Å². The second kappa shape index (κ2) is 27.2. The molecule has 0 aliphatic heterocycles. The molecule has 0 bridgehead atoms.